The van der Waals surface area contributed by atoms with Crippen LogP contribution in [0.15, 0.2) is 0 Å². The van der Waals surface area contributed by atoms with Crippen LogP contribution in [0, 0.1) is 12.5 Å². The Balaban J connectivity index is 3.94. The van der Waals surface area contributed by atoms with Crippen LogP contribution in [0.5, 0.6) is 0 Å². The Morgan fingerprint density at radius 2 is 2.18 bits per heavy atom. The second-order valence-electron chi connectivity index (χ2n) is 4.13. The van der Waals surface area contributed by atoms with Crippen molar-refractivity contribution in [2.45, 2.75) is 12.8 Å². The van der Waals surface area contributed by atoms with E-state index in [4.69, 9.17) is 16.6 Å². The molecule has 0 heterocycles. The minimum absolute atomic E-state index is 0.0460. The molecule has 0 aromatic rings. The highest BCUT2D eigenvalue weighted by molar-refractivity contribution is 5.66. The molecule has 98 valence electrons. The number of aliphatic hydroxyl groups excluding tert-OH is 1. The van der Waals surface area contributed by atoms with Crippen molar-refractivity contribution in [1.82, 2.24) is 5.48 Å². The van der Waals surface area contributed by atoms with Crippen molar-refractivity contribution in [2.75, 3.05) is 39.8 Å². The molecule has 0 radical (unpaired) electrons. The zero-order chi connectivity index (χ0) is 13.1. The number of quaternary nitrogens is 1. The van der Waals surface area contributed by atoms with Gasteiger partial charge in [0, 0.05) is 13.0 Å². The number of carbonyl (C=O) groups is 1. The number of carboxylic acid groups (broad SMARTS) is 1. The summed E-state index contributed by atoms with van der Waals surface area (Å²) >= 11 is 0. The van der Waals surface area contributed by atoms with E-state index in [0.29, 0.717) is 24.1 Å². The Kier molecular flexibility index (Phi) is 8.15. The summed E-state index contributed by atoms with van der Waals surface area (Å²) in [5.74, 6) is -0.818. The van der Waals surface area contributed by atoms with Gasteiger partial charge >= 0.3 is 5.97 Å². The van der Waals surface area contributed by atoms with Crippen molar-refractivity contribution in [1.29, 1.82) is 0 Å². The van der Waals surface area contributed by atoms with Gasteiger partial charge in [-0.3, -0.25) is 4.79 Å². The SMILES string of the molecule is C#CONCCC[N+](C)(CCO)CCC(=O)O. The fourth-order valence-corrected chi connectivity index (χ4v) is 1.57. The first-order valence-corrected chi connectivity index (χ1v) is 5.54. The van der Waals surface area contributed by atoms with Gasteiger partial charge in [0.05, 0.1) is 33.2 Å². The fraction of sp³-hybridized carbons (Fsp3) is 0.727. The molecule has 0 bridgehead atoms. The maximum absolute atomic E-state index is 10.5. The van der Waals surface area contributed by atoms with E-state index in [1.165, 1.54) is 0 Å². The molecule has 0 amide bonds. The molecule has 3 N–H and O–H groups in total. The summed E-state index contributed by atoms with van der Waals surface area (Å²) in [6.45, 7) is 2.45. The lowest BCUT2D eigenvalue weighted by atomic mass is 10.2. The van der Waals surface area contributed by atoms with Crippen LogP contribution in [0.25, 0.3) is 0 Å². The third kappa shape index (κ3) is 8.51. The van der Waals surface area contributed by atoms with E-state index in [1.54, 1.807) is 0 Å². The maximum Gasteiger partial charge on any atom is 0.309 e. The van der Waals surface area contributed by atoms with Gasteiger partial charge in [-0.05, 0) is 0 Å². The molecule has 0 saturated carbocycles. The first-order chi connectivity index (χ1) is 8.04. The van der Waals surface area contributed by atoms with Gasteiger partial charge in [0.1, 0.15) is 12.7 Å². The Morgan fingerprint density at radius 3 is 2.71 bits per heavy atom. The fourth-order valence-electron chi connectivity index (χ4n) is 1.57. The van der Waals surface area contributed by atoms with E-state index in [1.807, 2.05) is 13.2 Å². The van der Waals surface area contributed by atoms with Crippen molar-refractivity contribution in [3.63, 3.8) is 0 Å². The highest BCUT2D eigenvalue weighted by Crippen LogP contribution is 2.05. The van der Waals surface area contributed by atoms with Crippen molar-refractivity contribution >= 4 is 5.97 Å². The van der Waals surface area contributed by atoms with E-state index in [0.717, 1.165) is 13.0 Å². The van der Waals surface area contributed by atoms with E-state index in [-0.39, 0.29) is 13.0 Å². The van der Waals surface area contributed by atoms with Gasteiger partial charge in [0.25, 0.3) is 0 Å². The summed E-state index contributed by atoms with van der Waals surface area (Å²) in [6.07, 6.45) is 7.78. The second kappa shape index (κ2) is 8.82. The molecule has 0 aliphatic rings. The van der Waals surface area contributed by atoms with Crippen LogP contribution in [-0.4, -0.2) is 60.5 Å². The minimum Gasteiger partial charge on any atom is -0.481 e. The largest absolute Gasteiger partial charge is 0.481 e. The summed E-state index contributed by atoms with van der Waals surface area (Å²) in [6, 6.07) is 0. The first kappa shape index (κ1) is 15.7. The standard InChI is InChI=1S/C11H20N2O4/c1-3-17-12-6-4-7-13(2,9-10-14)8-5-11(15)16/h1,12,14H,4-10H2,2H3/p+1. The molecule has 0 rings (SSSR count). The zero-order valence-electron chi connectivity index (χ0n) is 10.2. The average Bonchev–Trinajstić information content (AvgIpc) is 2.27. The summed E-state index contributed by atoms with van der Waals surface area (Å²) in [5.41, 5.74) is 2.59. The smallest absolute Gasteiger partial charge is 0.309 e. The minimum atomic E-state index is -0.818. The lowest BCUT2D eigenvalue weighted by molar-refractivity contribution is -0.909. The summed E-state index contributed by atoms with van der Waals surface area (Å²) < 4.78 is 0.528. The summed E-state index contributed by atoms with van der Waals surface area (Å²) in [5, 5.41) is 17.6. The van der Waals surface area contributed by atoms with Gasteiger partial charge < -0.3 is 19.5 Å². The van der Waals surface area contributed by atoms with Gasteiger partial charge in [-0.2, -0.15) is 0 Å². The number of hydrogen-bond donors (Lipinski definition) is 3. The van der Waals surface area contributed by atoms with Crippen LogP contribution in [0.3, 0.4) is 0 Å². The van der Waals surface area contributed by atoms with Crippen LogP contribution in [0.1, 0.15) is 12.8 Å². The molecule has 6 nitrogen and oxygen atoms in total. The molecule has 0 fully saturated rings. The van der Waals surface area contributed by atoms with Gasteiger partial charge in [-0.1, -0.05) is 6.42 Å². The molecule has 0 aromatic carbocycles. The zero-order valence-corrected chi connectivity index (χ0v) is 10.2. The molecule has 0 aliphatic heterocycles. The van der Waals surface area contributed by atoms with Crippen molar-refractivity contribution in [2.24, 2.45) is 0 Å². The third-order valence-corrected chi connectivity index (χ3v) is 2.61. The highest BCUT2D eigenvalue weighted by atomic mass is 16.6. The average molecular weight is 245 g/mol. The predicted octanol–water partition coefficient (Wildman–Crippen LogP) is -0.598. The molecule has 0 spiro atoms. The summed E-state index contributed by atoms with van der Waals surface area (Å²) in [4.78, 5) is 15.1. The van der Waals surface area contributed by atoms with Crippen LogP contribution in [-0.2, 0) is 9.63 Å². The predicted molar refractivity (Wildman–Crippen MR) is 62.7 cm³/mol. The van der Waals surface area contributed by atoms with E-state index >= 15 is 0 Å². The number of nitrogens with zero attached hydrogens (tertiary/aromatic N) is 1. The molecule has 1 atom stereocenters. The Hall–Kier alpha value is -1.29. The highest BCUT2D eigenvalue weighted by Gasteiger charge is 2.21. The Labute approximate surface area is 102 Å². The molecule has 0 saturated heterocycles. The number of nitrogens with one attached hydrogen (secondary N) is 1. The molecular weight excluding hydrogens is 224 g/mol. The van der Waals surface area contributed by atoms with Crippen LogP contribution < -0.4 is 5.48 Å². The molecular formula is C11H21N2O4+. The molecule has 6 heteroatoms. The van der Waals surface area contributed by atoms with Crippen LogP contribution in [0.2, 0.25) is 0 Å². The topological polar surface area (TPSA) is 78.8 Å². The van der Waals surface area contributed by atoms with Gasteiger partial charge in [-0.25, -0.2) is 0 Å². The van der Waals surface area contributed by atoms with Crippen molar-refractivity contribution in [3.05, 3.63) is 0 Å². The number of hydrogen-bond acceptors (Lipinski definition) is 4. The van der Waals surface area contributed by atoms with Crippen LogP contribution in [0.4, 0.5) is 0 Å². The molecule has 17 heavy (non-hydrogen) atoms. The van der Waals surface area contributed by atoms with E-state index in [2.05, 4.69) is 10.3 Å². The number of aliphatic carboxylic acids is 1. The number of terminal acetylenes is 1. The molecule has 1 unspecified atom stereocenters. The van der Waals surface area contributed by atoms with E-state index in [9.17, 15) is 4.79 Å². The monoisotopic (exact) mass is 245 g/mol. The number of likely N-dealkylation sites (N-methyl/N-ethyl adjacent to an activating group) is 1. The van der Waals surface area contributed by atoms with Gasteiger partial charge in [0.2, 0.25) is 0 Å². The Bertz CT molecular complexity index is 265. The third-order valence-electron chi connectivity index (χ3n) is 2.61. The van der Waals surface area contributed by atoms with Crippen molar-refractivity contribution < 1.29 is 24.3 Å². The summed E-state index contributed by atoms with van der Waals surface area (Å²) in [7, 11) is 1.93. The number of rotatable bonds is 10. The maximum atomic E-state index is 10.5. The molecule has 0 aliphatic carbocycles. The lowest BCUT2D eigenvalue weighted by Gasteiger charge is -2.33. The second-order valence-corrected chi connectivity index (χ2v) is 4.13. The van der Waals surface area contributed by atoms with E-state index < -0.39 is 5.97 Å². The van der Waals surface area contributed by atoms with Gasteiger partial charge in [-0.15, -0.1) is 5.48 Å². The normalized spacial score (nSPS) is 13.7. The lowest BCUT2D eigenvalue weighted by Crippen LogP contribution is -2.48. The van der Waals surface area contributed by atoms with Crippen molar-refractivity contribution in [3.8, 4) is 12.5 Å². The van der Waals surface area contributed by atoms with Gasteiger partial charge in [0.15, 0.2) is 0 Å². The molecule has 0 aromatic heterocycles. The first-order valence-electron chi connectivity index (χ1n) is 5.54. The van der Waals surface area contributed by atoms with Crippen LogP contribution >= 0.6 is 0 Å². The Morgan fingerprint density at radius 1 is 1.47 bits per heavy atom. The quantitative estimate of drug-likeness (QED) is 0.207. The number of carboxylic acids is 1. The number of hydroxylamine groups is 1. The number of aliphatic hydroxyl groups is 1.